The summed E-state index contributed by atoms with van der Waals surface area (Å²) in [7, 11) is 0. The molecule has 0 bridgehead atoms. The highest BCUT2D eigenvalue weighted by Crippen LogP contribution is 2.34. The molecule has 1 fully saturated rings. The minimum atomic E-state index is -0.182. The van der Waals surface area contributed by atoms with E-state index in [1.807, 2.05) is 0 Å². The van der Waals surface area contributed by atoms with Crippen LogP contribution in [-0.4, -0.2) is 48.0 Å². The third-order valence-electron chi connectivity index (χ3n) is 5.97. The lowest BCUT2D eigenvalue weighted by Gasteiger charge is -2.25. The molecule has 3 heterocycles. The molecule has 2 aliphatic heterocycles. The van der Waals surface area contributed by atoms with Gasteiger partial charge in [0.15, 0.2) is 0 Å². The number of benzene rings is 1. The normalized spacial score (nSPS) is 23.1. The zero-order valence-electron chi connectivity index (χ0n) is 16.6. The van der Waals surface area contributed by atoms with Crippen LogP contribution in [0, 0.1) is 5.92 Å². The smallest absolute Gasteiger partial charge is 0.237 e. The summed E-state index contributed by atoms with van der Waals surface area (Å²) in [6.45, 7) is 8.53. The van der Waals surface area contributed by atoms with Crippen LogP contribution in [0.2, 0.25) is 0 Å². The van der Waals surface area contributed by atoms with Gasteiger partial charge in [-0.1, -0.05) is 26.0 Å². The predicted octanol–water partition coefficient (Wildman–Crippen LogP) is 2.98. The summed E-state index contributed by atoms with van der Waals surface area (Å²) in [6, 6.07) is 6.49. The zero-order chi connectivity index (χ0) is 18.8. The molecule has 3 N–H and O–H groups in total. The maximum Gasteiger partial charge on any atom is 0.237 e. The minimum absolute atomic E-state index is 0.130. The molecule has 2 unspecified atom stereocenters. The number of likely N-dealkylation sites (tertiary alicyclic amines) is 1. The second-order valence-corrected chi connectivity index (χ2v) is 8.53. The first-order valence-corrected chi connectivity index (χ1v) is 10.5. The molecule has 5 heteroatoms. The van der Waals surface area contributed by atoms with Crippen LogP contribution in [0.15, 0.2) is 24.4 Å². The van der Waals surface area contributed by atoms with E-state index >= 15 is 0 Å². The Morgan fingerprint density at radius 3 is 2.89 bits per heavy atom. The summed E-state index contributed by atoms with van der Waals surface area (Å²) in [5.41, 5.74) is 3.75. The van der Waals surface area contributed by atoms with Gasteiger partial charge in [-0.15, -0.1) is 0 Å². The Morgan fingerprint density at radius 2 is 2.11 bits per heavy atom. The first kappa shape index (κ1) is 18.5. The molecule has 1 aromatic heterocycles. The quantitative estimate of drug-likeness (QED) is 0.735. The highest BCUT2D eigenvalue weighted by molar-refractivity contribution is 5.90. The van der Waals surface area contributed by atoms with Crippen molar-refractivity contribution in [3.8, 4) is 0 Å². The van der Waals surface area contributed by atoms with Crippen LogP contribution in [0.3, 0.4) is 0 Å². The molecule has 5 nitrogen and oxygen atoms in total. The van der Waals surface area contributed by atoms with Gasteiger partial charge in [0.1, 0.15) is 0 Å². The maximum absolute atomic E-state index is 12.9. The highest BCUT2D eigenvalue weighted by Gasteiger charge is 2.30. The molecule has 4 rings (SSSR count). The van der Waals surface area contributed by atoms with Gasteiger partial charge in [0.2, 0.25) is 5.91 Å². The molecule has 2 aliphatic rings. The Morgan fingerprint density at radius 1 is 1.30 bits per heavy atom. The van der Waals surface area contributed by atoms with Crippen molar-refractivity contribution in [2.24, 2.45) is 5.92 Å². The molecule has 27 heavy (non-hydrogen) atoms. The fourth-order valence-electron chi connectivity index (χ4n) is 4.65. The van der Waals surface area contributed by atoms with E-state index in [9.17, 15) is 4.79 Å². The van der Waals surface area contributed by atoms with Crippen molar-refractivity contribution in [2.45, 2.75) is 51.6 Å². The third kappa shape index (κ3) is 4.04. The van der Waals surface area contributed by atoms with Gasteiger partial charge in [0.25, 0.3) is 0 Å². The number of carbonyl (C=O) groups is 1. The minimum Gasteiger partial charge on any atom is -0.361 e. The average Bonchev–Trinajstić information content (AvgIpc) is 3.26. The van der Waals surface area contributed by atoms with Gasteiger partial charge < -0.3 is 15.2 Å². The van der Waals surface area contributed by atoms with E-state index in [4.69, 9.17) is 0 Å². The van der Waals surface area contributed by atoms with Crippen LogP contribution >= 0.6 is 0 Å². The largest absolute Gasteiger partial charge is 0.361 e. The molecular weight excluding hydrogens is 336 g/mol. The lowest BCUT2D eigenvalue weighted by atomic mass is 9.94. The fraction of sp³-hybridized carbons (Fsp3) is 0.591. The van der Waals surface area contributed by atoms with Crippen molar-refractivity contribution in [1.29, 1.82) is 0 Å². The average molecular weight is 369 g/mol. The van der Waals surface area contributed by atoms with Crippen molar-refractivity contribution < 1.29 is 4.79 Å². The topological polar surface area (TPSA) is 60.2 Å². The molecule has 1 amide bonds. The van der Waals surface area contributed by atoms with E-state index in [2.05, 4.69) is 58.8 Å². The van der Waals surface area contributed by atoms with Crippen molar-refractivity contribution in [1.82, 2.24) is 20.5 Å². The number of hydrogen-bond donors (Lipinski definition) is 3. The van der Waals surface area contributed by atoms with E-state index in [0.29, 0.717) is 5.92 Å². The number of H-pyrrole nitrogens is 1. The lowest BCUT2D eigenvalue weighted by Crippen LogP contribution is -2.47. The summed E-state index contributed by atoms with van der Waals surface area (Å²) in [4.78, 5) is 18.8. The van der Waals surface area contributed by atoms with Gasteiger partial charge in [-0.2, -0.15) is 0 Å². The van der Waals surface area contributed by atoms with Crippen molar-refractivity contribution in [2.75, 3.05) is 26.2 Å². The van der Waals surface area contributed by atoms with Gasteiger partial charge in [-0.3, -0.25) is 10.1 Å². The number of amides is 1. The van der Waals surface area contributed by atoms with Crippen molar-refractivity contribution >= 4 is 16.8 Å². The predicted molar refractivity (Wildman–Crippen MR) is 110 cm³/mol. The number of aromatic nitrogens is 1. The number of nitrogens with zero attached hydrogens (tertiary/aromatic N) is 1. The summed E-state index contributed by atoms with van der Waals surface area (Å²) >= 11 is 0. The number of carbonyl (C=O) groups excluding carboxylic acids is 1. The Hall–Kier alpha value is -1.85. The molecule has 1 saturated heterocycles. The van der Waals surface area contributed by atoms with Crippen LogP contribution < -0.4 is 10.6 Å². The number of nitrogens with one attached hydrogen (secondary N) is 3. The van der Waals surface area contributed by atoms with E-state index in [-0.39, 0.29) is 18.0 Å². The van der Waals surface area contributed by atoms with Crippen LogP contribution in [0.5, 0.6) is 0 Å². The molecule has 2 atom stereocenters. The van der Waals surface area contributed by atoms with E-state index < -0.39 is 0 Å². The fourth-order valence-corrected chi connectivity index (χ4v) is 4.65. The number of hydrogen-bond acceptors (Lipinski definition) is 3. The number of aromatic amines is 1. The Balaban J connectivity index is 1.50. The molecule has 1 aromatic carbocycles. The lowest BCUT2D eigenvalue weighted by molar-refractivity contribution is -0.123. The third-order valence-corrected chi connectivity index (χ3v) is 5.97. The summed E-state index contributed by atoms with van der Waals surface area (Å²) in [5.74, 6) is 0.697. The van der Waals surface area contributed by atoms with E-state index in [1.54, 1.807) is 0 Å². The van der Waals surface area contributed by atoms with Gasteiger partial charge in [-0.25, -0.2) is 0 Å². The first-order valence-electron chi connectivity index (χ1n) is 10.5. The van der Waals surface area contributed by atoms with Crippen molar-refractivity contribution in [3.63, 3.8) is 0 Å². The molecule has 0 radical (unpaired) electrons. The second kappa shape index (κ2) is 8.03. The SMILES string of the molecule is CC(C)CC1NC(C(=O)NCCN2CCCC2)Cc2c[nH]c3cccc1c23. The molecule has 0 aliphatic carbocycles. The molecule has 0 saturated carbocycles. The van der Waals surface area contributed by atoms with Crippen molar-refractivity contribution in [3.05, 3.63) is 35.5 Å². The zero-order valence-corrected chi connectivity index (χ0v) is 16.6. The second-order valence-electron chi connectivity index (χ2n) is 8.53. The molecule has 2 aromatic rings. The summed E-state index contributed by atoms with van der Waals surface area (Å²) < 4.78 is 0. The van der Waals surface area contributed by atoms with E-state index in [1.165, 1.54) is 48.0 Å². The van der Waals surface area contributed by atoms with Crippen LogP contribution in [0.4, 0.5) is 0 Å². The first-order chi connectivity index (χ1) is 13.1. The van der Waals surface area contributed by atoms with Gasteiger partial charge in [0, 0.05) is 36.2 Å². The molecule has 146 valence electrons. The molecule has 0 spiro atoms. The molecular formula is C22H32N4O. The van der Waals surface area contributed by atoms with Gasteiger partial charge >= 0.3 is 0 Å². The maximum atomic E-state index is 12.9. The van der Waals surface area contributed by atoms with Crippen LogP contribution in [-0.2, 0) is 11.2 Å². The van der Waals surface area contributed by atoms with Crippen LogP contribution in [0.25, 0.3) is 10.9 Å². The number of rotatable bonds is 6. The summed E-state index contributed by atoms with van der Waals surface area (Å²) in [6.07, 6.45) is 6.42. The van der Waals surface area contributed by atoms with E-state index in [0.717, 1.165) is 25.9 Å². The monoisotopic (exact) mass is 368 g/mol. The Bertz CT molecular complexity index is 791. The van der Waals surface area contributed by atoms with Gasteiger partial charge in [0.05, 0.1) is 6.04 Å². The highest BCUT2D eigenvalue weighted by atomic mass is 16.2. The van der Waals surface area contributed by atoms with Gasteiger partial charge in [-0.05, 0) is 61.9 Å². The summed E-state index contributed by atoms with van der Waals surface area (Å²) in [5, 5.41) is 8.17. The Labute approximate surface area is 161 Å². The Kier molecular flexibility index (Phi) is 5.50. The standard InChI is InChI=1S/C22H32N4O/c1-15(2)12-19-17-6-5-7-18-21(17)16(14-24-18)13-20(25-19)22(27)23-8-11-26-9-3-4-10-26/h5-7,14-15,19-20,24-25H,3-4,8-13H2,1-2H3,(H,23,27). The van der Waals surface area contributed by atoms with Crippen LogP contribution in [0.1, 0.15) is 50.3 Å².